The number of amides is 3. The van der Waals surface area contributed by atoms with Crippen LogP contribution in [0.2, 0.25) is 0 Å². The van der Waals surface area contributed by atoms with E-state index in [1.54, 1.807) is 27.8 Å². The number of rotatable bonds is 5. The van der Waals surface area contributed by atoms with Crippen molar-refractivity contribution in [2.24, 2.45) is 0 Å². The summed E-state index contributed by atoms with van der Waals surface area (Å²) in [6.45, 7) is 7.27. The molecule has 0 radical (unpaired) electrons. The van der Waals surface area contributed by atoms with Gasteiger partial charge in [0, 0.05) is 19.2 Å². The Hall–Kier alpha value is -2.83. The molecule has 1 aromatic carbocycles. The number of nitrogens with zero attached hydrogens (tertiary/aromatic N) is 2. The van der Waals surface area contributed by atoms with Crippen LogP contribution in [-0.2, 0) is 4.79 Å². The van der Waals surface area contributed by atoms with Gasteiger partial charge in [0.1, 0.15) is 11.4 Å². The second-order valence-electron chi connectivity index (χ2n) is 5.93. The number of anilines is 2. The molecule has 134 valence electrons. The summed E-state index contributed by atoms with van der Waals surface area (Å²) in [6, 6.07) is 6.97. The largest absolute Gasteiger partial charge is 0.359 e. The molecule has 7 heteroatoms. The first-order valence-corrected chi connectivity index (χ1v) is 8.20. The summed E-state index contributed by atoms with van der Waals surface area (Å²) < 4.78 is 5.10. The lowest BCUT2D eigenvalue weighted by molar-refractivity contribution is -0.115. The van der Waals surface area contributed by atoms with Gasteiger partial charge in [-0.15, -0.1) is 0 Å². The zero-order chi connectivity index (χ0) is 18.6. The van der Waals surface area contributed by atoms with Gasteiger partial charge >= 0.3 is 6.03 Å². The van der Waals surface area contributed by atoms with E-state index in [-0.39, 0.29) is 18.0 Å². The van der Waals surface area contributed by atoms with E-state index in [1.807, 2.05) is 31.2 Å². The van der Waals surface area contributed by atoms with Gasteiger partial charge in [-0.05, 0) is 38.5 Å². The molecule has 0 unspecified atom stereocenters. The first-order valence-electron chi connectivity index (χ1n) is 8.20. The minimum absolute atomic E-state index is 0.0322. The average molecular weight is 344 g/mol. The van der Waals surface area contributed by atoms with Crippen molar-refractivity contribution in [3.05, 3.63) is 41.3 Å². The van der Waals surface area contributed by atoms with Gasteiger partial charge in [0.15, 0.2) is 5.76 Å². The minimum Gasteiger partial charge on any atom is -0.359 e. The number of hydrogen-bond acceptors (Lipinski definition) is 4. The van der Waals surface area contributed by atoms with E-state index in [4.69, 9.17) is 4.52 Å². The lowest BCUT2D eigenvalue weighted by Crippen LogP contribution is -2.39. The monoisotopic (exact) mass is 344 g/mol. The van der Waals surface area contributed by atoms with Crippen LogP contribution < -0.4 is 15.5 Å². The number of carbonyl (C=O) groups excluding carboxylic acids is 2. The molecule has 1 atom stereocenters. The normalized spacial score (nSPS) is 11.7. The van der Waals surface area contributed by atoms with Crippen molar-refractivity contribution in [2.75, 3.05) is 17.3 Å². The van der Waals surface area contributed by atoms with E-state index < -0.39 is 0 Å². The summed E-state index contributed by atoms with van der Waals surface area (Å²) in [6.07, 6.45) is 0.433. The summed E-state index contributed by atoms with van der Waals surface area (Å²) in [4.78, 5) is 25.4. The third-order valence-electron chi connectivity index (χ3n) is 3.99. The van der Waals surface area contributed by atoms with E-state index in [9.17, 15) is 9.59 Å². The number of nitrogens with one attached hydrogen (secondary N) is 2. The number of aryl methyl sites for hydroxylation is 2. The molecule has 2 aromatic rings. The Kier molecular flexibility index (Phi) is 5.80. The molecule has 1 heterocycles. The van der Waals surface area contributed by atoms with Gasteiger partial charge in [0.2, 0.25) is 5.91 Å². The van der Waals surface area contributed by atoms with Gasteiger partial charge in [-0.2, -0.15) is 0 Å². The third kappa shape index (κ3) is 4.37. The Balaban J connectivity index is 2.02. The summed E-state index contributed by atoms with van der Waals surface area (Å²) in [5.41, 5.74) is 3.01. The van der Waals surface area contributed by atoms with E-state index in [2.05, 4.69) is 15.8 Å². The van der Waals surface area contributed by atoms with E-state index in [1.165, 1.54) is 4.90 Å². The number of urea groups is 1. The van der Waals surface area contributed by atoms with Crippen molar-refractivity contribution in [1.82, 2.24) is 10.5 Å². The molecule has 2 rings (SSSR count). The fraction of sp³-hybridized carbons (Fsp3) is 0.389. The second kappa shape index (κ2) is 7.83. The molecular weight excluding hydrogens is 320 g/mol. The van der Waals surface area contributed by atoms with Gasteiger partial charge in [-0.25, -0.2) is 4.79 Å². The molecule has 7 nitrogen and oxygen atoms in total. The van der Waals surface area contributed by atoms with Gasteiger partial charge < -0.3 is 15.2 Å². The van der Waals surface area contributed by atoms with Crippen LogP contribution in [0.3, 0.4) is 0 Å². The number of carbonyl (C=O) groups is 2. The number of aromatic nitrogens is 1. The van der Waals surface area contributed by atoms with E-state index in [0.717, 1.165) is 11.3 Å². The molecule has 3 amide bonds. The highest BCUT2D eigenvalue weighted by atomic mass is 16.5. The molecule has 0 aliphatic rings. The van der Waals surface area contributed by atoms with Crippen LogP contribution in [-0.4, -0.2) is 24.1 Å². The molecule has 25 heavy (non-hydrogen) atoms. The predicted molar refractivity (Wildman–Crippen MR) is 96.7 cm³/mol. The fourth-order valence-electron chi connectivity index (χ4n) is 2.53. The van der Waals surface area contributed by atoms with Crippen molar-refractivity contribution in [2.45, 2.75) is 40.2 Å². The first-order chi connectivity index (χ1) is 11.8. The maximum Gasteiger partial charge on any atom is 0.322 e. The highest BCUT2D eigenvalue weighted by Crippen LogP contribution is 2.23. The molecule has 0 spiro atoms. The zero-order valence-corrected chi connectivity index (χ0v) is 15.2. The van der Waals surface area contributed by atoms with Crippen LogP contribution in [0.15, 0.2) is 28.8 Å². The molecular formula is C18H24N4O3. The molecule has 0 aliphatic heterocycles. The van der Waals surface area contributed by atoms with Crippen molar-refractivity contribution in [3.8, 4) is 0 Å². The predicted octanol–water partition coefficient (Wildman–Crippen LogP) is 3.55. The highest BCUT2D eigenvalue weighted by molar-refractivity contribution is 5.93. The summed E-state index contributed by atoms with van der Waals surface area (Å²) in [5.74, 6) is 0.564. The van der Waals surface area contributed by atoms with Gasteiger partial charge in [0.05, 0.1) is 6.04 Å². The standard InChI is InChI=1S/C18H24N4O3/c1-6-16(23)20-15-9-7-14(8-10-15)11(2)19-18(24)22(5)17-12(3)21-25-13(17)4/h7-11H,6H2,1-5H3,(H,19,24)(H,20,23)/t11-/m0/s1. The van der Waals surface area contributed by atoms with Gasteiger partial charge in [-0.1, -0.05) is 24.2 Å². The quantitative estimate of drug-likeness (QED) is 0.868. The number of benzene rings is 1. The molecule has 1 aromatic heterocycles. The Morgan fingerprint density at radius 2 is 1.88 bits per heavy atom. The van der Waals surface area contributed by atoms with Crippen LogP contribution in [0.4, 0.5) is 16.2 Å². The Bertz CT molecular complexity index is 733. The van der Waals surface area contributed by atoms with E-state index in [0.29, 0.717) is 23.6 Å². The molecule has 0 bridgehead atoms. The molecule has 0 aliphatic carbocycles. The summed E-state index contributed by atoms with van der Waals surface area (Å²) in [5, 5.41) is 9.60. The lowest BCUT2D eigenvalue weighted by atomic mass is 10.1. The smallest absolute Gasteiger partial charge is 0.322 e. The molecule has 0 fully saturated rings. The van der Waals surface area contributed by atoms with Crippen LogP contribution >= 0.6 is 0 Å². The van der Waals surface area contributed by atoms with Crippen LogP contribution in [0.25, 0.3) is 0 Å². The molecule has 0 saturated heterocycles. The molecule has 2 N–H and O–H groups in total. The number of hydrogen-bond donors (Lipinski definition) is 2. The maximum atomic E-state index is 12.5. The highest BCUT2D eigenvalue weighted by Gasteiger charge is 2.21. The van der Waals surface area contributed by atoms with E-state index >= 15 is 0 Å². The van der Waals surface area contributed by atoms with Crippen molar-refractivity contribution in [3.63, 3.8) is 0 Å². The Morgan fingerprint density at radius 1 is 1.24 bits per heavy atom. The lowest BCUT2D eigenvalue weighted by Gasteiger charge is -2.21. The minimum atomic E-state index is -0.245. The maximum absolute atomic E-state index is 12.5. The fourth-order valence-corrected chi connectivity index (χ4v) is 2.53. The second-order valence-corrected chi connectivity index (χ2v) is 5.93. The topological polar surface area (TPSA) is 87.5 Å². The zero-order valence-electron chi connectivity index (χ0n) is 15.2. The Morgan fingerprint density at radius 3 is 2.40 bits per heavy atom. The van der Waals surface area contributed by atoms with Crippen molar-refractivity contribution < 1.29 is 14.1 Å². The average Bonchev–Trinajstić information content (AvgIpc) is 2.93. The summed E-state index contributed by atoms with van der Waals surface area (Å²) >= 11 is 0. The van der Waals surface area contributed by atoms with Crippen LogP contribution in [0.5, 0.6) is 0 Å². The molecule has 0 saturated carbocycles. The first kappa shape index (κ1) is 18.5. The SMILES string of the molecule is CCC(=O)Nc1ccc([C@H](C)NC(=O)N(C)c2c(C)noc2C)cc1. The summed E-state index contributed by atoms with van der Waals surface area (Å²) in [7, 11) is 1.68. The Labute approximate surface area is 147 Å². The van der Waals surface area contributed by atoms with Gasteiger partial charge in [-0.3, -0.25) is 9.69 Å². The van der Waals surface area contributed by atoms with Crippen LogP contribution in [0, 0.1) is 13.8 Å². The van der Waals surface area contributed by atoms with Crippen molar-refractivity contribution >= 4 is 23.3 Å². The van der Waals surface area contributed by atoms with Crippen molar-refractivity contribution in [1.29, 1.82) is 0 Å². The third-order valence-corrected chi connectivity index (χ3v) is 3.99. The van der Waals surface area contributed by atoms with Gasteiger partial charge in [0.25, 0.3) is 0 Å². The van der Waals surface area contributed by atoms with Crippen LogP contribution in [0.1, 0.15) is 43.3 Å².